The molecule has 1 aliphatic rings. The van der Waals surface area contributed by atoms with Crippen molar-refractivity contribution in [2.75, 3.05) is 26.9 Å². The molecule has 0 radical (unpaired) electrons. The lowest BCUT2D eigenvalue weighted by Gasteiger charge is -2.27. The molecule has 0 amide bonds. The molecule has 0 saturated carbocycles. The number of methoxy groups -OCH3 is 1. The van der Waals surface area contributed by atoms with Crippen LogP contribution in [0.3, 0.4) is 0 Å². The molecule has 1 fully saturated rings. The Labute approximate surface area is 125 Å². The van der Waals surface area contributed by atoms with Crippen LogP contribution in [0.1, 0.15) is 25.2 Å². The molecule has 0 aliphatic carbocycles. The third-order valence-corrected chi connectivity index (χ3v) is 4.44. The van der Waals surface area contributed by atoms with E-state index < -0.39 is 0 Å². The molecule has 1 N–H and O–H groups in total. The van der Waals surface area contributed by atoms with Gasteiger partial charge in [0.2, 0.25) is 0 Å². The van der Waals surface area contributed by atoms with Crippen LogP contribution in [-0.2, 0) is 16.5 Å². The number of ether oxygens (including phenoxy) is 2. The first-order valence-electron chi connectivity index (χ1n) is 7.43. The Hall–Kier alpha value is -1.43. The normalized spacial score (nSPS) is 23.8. The van der Waals surface area contributed by atoms with Crippen molar-refractivity contribution in [2.24, 2.45) is 7.05 Å². The highest BCUT2D eigenvalue weighted by Crippen LogP contribution is 2.24. The van der Waals surface area contributed by atoms with Crippen LogP contribution in [0.15, 0.2) is 24.3 Å². The average Bonchev–Trinajstić information content (AvgIpc) is 3.11. The second kappa shape index (κ2) is 5.75. The molecule has 1 saturated heterocycles. The van der Waals surface area contributed by atoms with E-state index in [1.54, 1.807) is 7.11 Å². The highest BCUT2D eigenvalue weighted by molar-refractivity contribution is 5.75. The lowest BCUT2D eigenvalue weighted by atomic mass is 10.0. The number of aromatic nitrogens is 2. The van der Waals surface area contributed by atoms with Gasteiger partial charge in [-0.1, -0.05) is 12.1 Å². The molecule has 2 unspecified atom stereocenters. The van der Waals surface area contributed by atoms with Crippen molar-refractivity contribution in [3.63, 3.8) is 0 Å². The van der Waals surface area contributed by atoms with Gasteiger partial charge in [0.25, 0.3) is 0 Å². The van der Waals surface area contributed by atoms with Crippen LogP contribution in [0.25, 0.3) is 11.0 Å². The molecular formula is C16H23N3O2. The van der Waals surface area contributed by atoms with Gasteiger partial charge in [-0.2, -0.15) is 0 Å². The van der Waals surface area contributed by atoms with E-state index in [-0.39, 0.29) is 11.6 Å². The fraction of sp³-hybridized carbons (Fsp3) is 0.562. The zero-order valence-corrected chi connectivity index (χ0v) is 12.9. The summed E-state index contributed by atoms with van der Waals surface area (Å²) < 4.78 is 13.3. The number of nitrogens with one attached hydrogen (secondary N) is 1. The average molecular weight is 289 g/mol. The predicted molar refractivity (Wildman–Crippen MR) is 82.3 cm³/mol. The molecule has 5 nitrogen and oxygen atoms in total. The van der Waals surface area contributed by atoms with Crippen LogP contribution >= 0.6 is 0 Å². The quantitative estimate of drug-likeness (QED) is 0.915. The summed E-state index contributed by atoms with van der Waals surface area (Å²) in [6.07, 6.45) is 0.936. The van der Waals surface area contributed by atoms with Gasteiger partial charge in [0.15, 0.2) is 0 Å². The molecule has 1 aromatic carbocycles. The number of nitrogens with zero attached hydrogens (tertiary/aromatic N) is 2. The fourth-order valence-corrected chi connectivity index (χ4v) is 2.94. The summed E-state index contributed by atoms with van der Waals surface area (Å²) in [5, 5.41) is 3.55. The van der Waals surface area contributed by atoms with E-state index in [1.165, 1.54) is 0 Å². The first-order chi connectivity index (χ1) is 10.2. The molecule has 2 heterocycles. The first-order valence-corrected chi connectivity index (χ1v) is 7.43. The number of rotatable bonds is 5. The van der Waals surface area contributed by atoms with E-state index in [1.807, 2.05) is 18.2 Å². The Balaban J connectivity index is 1.75. The third-order valence-electron chi connectivity index (χ3n) is 4.44. The maximum Gasteiger partial charge on any atom is 0.126 e. The predicted octanol–water partition coefficient (Wildman–Crippen LogP) is 2.03. The van der Waals surface area contributed by atoms with Crippen LogP contribution in [0.2, 0.25) is 0 Å². The monoisotopic (exact) mass is 289 g/mol. The summed E-state index contributed by atoms with van der Waals surface area (Å²) in [5.74, 6) is 1.04. The molecular weight excluding hydrogens is 266 g/mol. The van der Waals surface area contributed by atoms with Gasteiger partial charge in [-0.05, 0) is 19.1 Å². The molecule has 2 atom stereocenters. The maximum atomic E-state index is 5.66. The molecule has 114 valence electrons. The van der Waals surface area contributed by atoms with Gasteiger partial charge >= 0.3 is 0 Å². The second-order valence-electron chi connectivity index (χ2n) is 5.81. The van der Waals surface area contributed by atoms with Gasteiger partial charge in [0.05, 0.1) is 23.7 Å². The van der Waals surface area contributed by atoms with E-state index in [4.69, 9.17) is 14.5 Å². The number of imidazole rings is 1. The Morgan fingerprint density at radius 2 is 2.29 bits per heavy atom. The minimum atomic E-state index is -0.196. The van der Waals surface area contributed by atoms with Crippen molar-refractivity contribution in [1.82, 2.24) is 14.9 Å². The molecule has 21 heavy (non-hydrogen) atoms. The lowest BCUT2D eigenvalue weighted by molar-refractivity contribution is -0.0174. The van der Waals surface area contributed by atoms with Crippen LogP contribution < -0.4 is 5.32 Å². The Kier molecular flexibility index (Phi) is 3.97. The summed E-state index contributed by atoms with van der Waals surface area (Å²) in [4.78, 5) is 4.73. The third kappa shape index (κ3) is 2.69. The summed E-state index contributed by atoms with van der Waals surface area (Å²) >= 11 is 0. The van der Waals surface area contributed by atoms with Crippen LogP contribution in [0.5, 0.6) is 0 Å². The molecule has 0 spiro atoms. The molecule has 3 rings (SSSR count). The summed E-state index contributed by atoms with van der Waals surface area (Å²) in [5.41, 5.74) is 2.00. The first kappa shape index (κ1) is 14.5. The zero-order chi connectivity index (χ0) is 14.9. The Morgan fingerprint density at radius 1 is 1.48 bits per heavy atom. The minimum Gasteiger partial charge on any atom is -0.378 e. The number of aryl methyl sites for hydroxylation is 1. The molecule has 1 aromatic heterocycles. The van der Waals surface area contributed by atoms with Crippen molar-refractivity contribution < 1.29 is 9.47 Å². The Morgan fingerprint density at radius 3 is 2.95 bits per heavy atom. The number of fused-ring (bicyclic) bond motifs is 1. The summed E-state index contributed by atoms with van der Waals surface area (Å²) in [7, 11) is 3.82. The Bertz CT molecular complexity index is 617. The van der Waals surface area contributed by atoms with Crippen LogP contribution in [-0.4, -0.2) is 42.0 Å². The SMILES string of the molecule is COC1(CNC(C)c2nc3ccccc3n2C)CCOC1. The standard InChI is InChI=1S/C16H23N3O2/c1-12(17-10-16(20-3)8-9-21-11-16)15-18-13-6-4-5-7-14(13)19(15)2/h4-7,12,17H,8-11H2,1-3H3. The van der Waals surface area contributed by atoms with Crippen molar-refractivity contribution in [3.8, 4) is 0 Å². The number of para-hydroxylation sites is 2. The van der Waals surface area contributed by atoms with Gasteiger partial charge in [0.1, 0.15) is 11.4 Å². The summed E-state index contributed by atoms with van der Waals surface area (Å²) in [6, 6.07) is 8.37. The lowest BCUT2D eigenvalue weighted by Crippen LogP contribution is -2.44. The summed E-state index contributed by atoms with van der Waals surface area (Å²) in [6.45, 7) is 4.34. The molecule has 2 aromatic rings. The van der Waals surface area contributed by atoms with E-state index in [9.17, 15) is 0 Å². The van der Waals surface area contributed by atoms with Gasteiger partial charge in [-0.25, -0.2) is 4.98 Å². The van der Waals surface area contributed by atoms with Gasteiger partial charge < -0.3 is 19.4 Å². The second-order valence-corrected chi connectivity index (χ2v) is 5.81. The van der Waals surface area contributed by atoms with Gasteiger partial charge in [0, 0.05) is 33.7 Å². The minimum absolute atomic E-state index is 0.162. The van der Waals surface area contributed by atoms with Crippen molar-refractivity contribution >= 4 is 11.0 Å². The number of hydrogen-bond acceptors (Lipinski definition) is 4. The van der Waals surface area contributed by atoms with Crippen LogP contribution in [0.4, 0.5) is 0 Å². The largest absolute Gasteiger partial charge is 0.378 e. The van der Waals surface area contributed by atoms with E-state index in [0.717, 1.165) is 36.4 Å². The maximum absolute atomic E-state index is 5.66. The van der Waals surface area contributed by atoms with Crippen LogP contribution in [0, 0.1) is 0 Å². The topological polar surface area (TPSA) is 48.3 Å². The van der Waals surface area contributed by atoms with Gasteiger partial charge in [-0.15, -0.1) is 0 Å². The molecule has 5 heteroatoms. The number of hydrogen-bond donors (Lipinski definition) is 1. The van der Waals surface area contributed by atoms with E-state index in [2.05, 4.69) is 29.9 Å². The fourth-order valence-electron chi connectivity index (χ4n) is 2.94. The molecule has 1 aliphatic heterocycles. The van der Waals surface area contributed by atoms with Crippen molar-refractivity contribution in [1.29, 1.82) is 0 Å². The molecule has 0 bridgehead atoms. The zero-order valence-electron chi connectivity index (χ0n) is 12.9. The smallest absolute Gasteiger partial charge is 0.126 e. The van der Waals surface area contributed by atoms with Crippen molar-refractivity contribution in [2.45, 2.75) is 25.0 Å². The van der Waals surface area contributed by atoms with E-state index >= 15 is 0 Å². The van der Waals surface area contributed by atoms with Gasteiger partial charge in [-0.3, -0.25) is 0 Å². The highest BCUT2D eigenvalue weighted by atomic mass is 16.5. The highest BCUT2D eigenvalue weighted by Gasteiger charge is 2.35. The number of benzene rings is 1. The van der Waals surface area contributed by atoms with E-state index in [0.29, 0.717) is 6.61 Å². The van der Waals surface area contributed by atoms with Crippen molar-refractivity contribution in [3.05, 3.63) is 30.1 Å².